The minimum Gasteiger partial charge on any atom is -0.459 e. The lowest BCUT2D eigenvalue weighted by Crippen LogP contribution is -2.45. The van der Waals surface area contributed by atoms with E-state index in [9.17, 15) is 14.4 Å². The molecule has 3 rings (SSSR count). The van der Waals surface area contributed by atoms with Crippen molar-refractivity contribution in [2.75, 3.05) is 17.2 Å². The van der Waals surface area contributed by atoms with Crippen molar-refractivity contribution in [2.24, 2.45) is 0 Å². The standard InChI is InChI=1S/C21H25N3O5/c1-21(2,3)29-20(27)24-12-4-6-16(24)18(25)22-14-8-10-15(11-9-14)23-19(26)17-7-5-13-28-17/h5,7-11,13,16H,4,6,12H2,1-3H3,(H,22,25)(H,23,26)/t16-/m1/s1. The van der Waals surface area contributed by atoms with Gasteiger partial charge >= 0.3 is 6.09 Å². The van der Waals surface area contributed by atoms with Gasteiger partial charge in [-0.25, -0.2) is 4.79 Å². The van der Waals surface area contributed by atoms with Crippen LogP contribution in [0.15, 0.2) is 47.1 Å². The molecule has 8 heteroatoms. The summed E-state index contributed by atoms with van der Waals surface area (Å²) in [5.41, 5.74) is 0.527. The Balaban J connectivity index is 1.58. The minimum absolute atomic E-state index is 0.214. The van der Waals surface area contributed by atoms with Crippen molar-refractivity contribution < 1.29 is 23.5 Å². The first-order valence-electron chi connectivity index (χ1n) is 9.48. The number of carbonyl (C=O) groups is 3. The molecule has 0 spiro atoms. The third-order valence-corrected chi connectivity index (χ3v) is 4.34. The van der Waals surface area contributed by atoms with Gasteiger partial charge in [-0.1, -0.05) is 0 Å². The van der Waals surface area contributed by atoms with Gasteiger partial charge in [-0.3, -0.25) is 14.5 Å². The van der Waals surface area contributed by atoms with E-state index in [1.807, 2.05) is 0 Å². The Morgan fingerprint density at radius 1 is 1.07 bits per heavy atom. The zero-order valence-electron chi connectivity index (χ0n) is 16.7. The summed E-state index contributed by atoms with van der Waals surface area (Å²) >= 11 is 0. The number of nitrogens with one attached hydrogen (secondary N) is 2. The van der Waals surface area contributed by atoms with E-state index in [-0.39, 0.29) is 17.6 Å². The van der Waals surface area contributed by atoms with E-state index in [2.05, 4.69) is 10.6 Å². The van der Waals surface area contributed by atoms with Crippen molar-refractivity contribution in [1.29, 1.82) is 0 Å². The maximum absolute atomic E-state index is 12.7. The molecular weight excluding hydrogens is 374 g/mol. The van der Waals surface area contributed by atoms with E-state index < -0.39 is 17.7 Å². The zero-order chi connectivity index (χ0) is 21.0. The Morgan fingerprint density at radius 3 is 2.31 bits per heavy atom. The smallest absolute Gasteiger partial charge is 0.410 e. The Bertz CT molecular complexity index is 869. The molecule has 0 aliphatic carbocycles. The molecule has 1 saturated heterocycles. The lowest BCUT2D eigenvalue weighted by atomic mass is 10.2. The largest absolute Gasteiger partial charge is 0.459 e. The maximum atomic E-state index is 12.7. The van der Waals surface area contributed by atoms with E-state index in [4.69, 9.17) is 9.15 Å². The Kier molecular flexibility index (Phi) is 5.91. The van der Waals surface area contributed by atoms with Crippen molar-refractivity contribution in [3.8, 4) is 0 Å². The SMILES string of the molecule is CC(C)(C)OC(=O)N1CCC[C@@H]1C(=O)Nc1ccc(NC(=O)c2ccco2)cc1. The molecule has 0 unspecified atom stereocenters. The number of carbonyl (C=O) groups excluding carboxylic acids is 3. The average molecular weight is 399 g/mol. The molecule has 154 valence electrons. The fourth-order valence-electron chi connectivity index (χ4n) is 3.04. The highest BCUT2D eigenvalue weighted by Crippen LogP contribution is 2.23. The van der Waals surface area contributed by atoms with E-state index in [0.29, 0.717) is 24.3 Å². The van der Waals surface area contributed by atoms with E-state index in [0.717, 1.165) is 6.42 Å². The predicted octanol–water partition coefficient (Wildman–Crippen LogP) is 3.87. The normalized spacial score (nSPS) is 16.4. The van der Waals surface area contributed by atoms with Crippen LogP contribution in [0, 0.1) is 0 Å². The van der Waals surface area contributed by atoms with Gasteiger partial charge in [-0.15, -0.1) is 0 Å². The first kappa shape index (κ1) is 20.4. The molecule has 0 bridgehead atoms. The van der Waals surface area contributed by atoms with Crippen LogP contribution in [0.4, 0.5) is 16.2 Å². The van der Waals surface area contributed by atoms with Gasteiger partial charge in [0.05, 0.1) is 6.26 Å². The van der Waals surface area contributed by atoms with Gasteiger partial charge in [-0.05, 0) is 70.0 Å². The fourth-order valence-corrected chi connectivity index (χ4v) is 3.04. The summed E-state index contributed by atoms with van der Waals surface area (Å²) in [6.07, 6.45) is 2.28. The number of amides is 3. The lowest BCUT2D eigenvalue weighted by molar-refractivity contribution is -0.120. The molecule has 29 heavy (non-hydrogen) atoms. The van der Waals surface area contributed by atoms with Gasteiger partial charge in [0.1, 0.15) is 11.6 Å². The summed E-state index contributed by atoms with van der Waals surface area (Å²) in [4.78, 5) is 38.5. The van der Waals surface area contributed by atoms with E-state index >= 15 is 0 Å². The highest BCUT2D eigenvalue weighted by molar-refractivity contribution is 6.02. The summed E-state index contributed by atoms with van der Waals surface area (Å²) in [7, 11) is 0. The van der Waals surface area contributed by atoms with Crippen molar-refractivity contribution in [1.82, 2.24) is 4.90 Å². The molecule has 1 aliphatic heterocycles. The molecule has 3 amide bonds. The molecule has 1 aromatic heterocycles. The average Bonchev–Trinajstić information content (AvgIpc) is 3.34. The van der Waals surface area contributed by atoms with E-state index in [1.54, 1.807) is 57.2 Å². The van der Waals surface area contributed by atoms with Crippen LogP contribution in [-0.2, 0) is 9.53 Å². The number of rotatable bonds is 4. The van der Waals surface area contributed by atoms with Crippen LogP contribution in [0.25, 0.3) is 0 Å². The number of hydrogen-bond acceptors (Lipinski definition) is 5. The van der Waals surface area contributed by atoms with Crippen LogP contribution in [0.1, 0.15) is 44.2 Å². The topological polar surface area (TPSA) is 101 Å². The fraction of sp³-hybridized carbons (Fsp3) is 0.381. The van der Waals surface area contributed by atoms with Crippen LogP contribution in [-0.4, -0.2) is 41.0 Å². The van der Waals surface area contributed by atoms with Gasteiger partial charge in [0.25, 0.3) is 5.91 Å². The Hall–Kier alpha value is -3.29. The molecule has 2 aromatic rings. The van der Waals surface area contributed by atoms with Gasteiger partial charge in [-0.2, -0.15) is 0 Å². The third-order valence-electron chi connectivity index (χ3n) is 4.34. The van der Waals surface area contributed by atoms with Crippen molar-refractivity contribution >= 4 is 29.3 Å². The van der Waals surface area contributed by atoms with Crippen LogP contribution in [0.2, 0.25) is 0 Å². The molecule has 1 aliphatic rings. The lowest BCUT2D eigenvalue weighted by Gasteiger charge is -2.28. The van der Waals surface area contributed by atoms with Crippen LogP contribution in [0.5, 0.6) is 0 Å². The predicted molar refractivity (Wildman–Crippen MR) is 108 cm³/mol. The zero-order valence-corrected chi connectivity index (χ0v) is 16.7. The second kappa shape index (κ2) is 8.38. The third kappa shape index (κ3) is 5.37. The van der Waals surface area contributed by atoms with Crippen molar-refractivity contribution in [2.45, 2.75) is 45.3 Å². The van der Waals surface area contributed by atoms with Crippen molar-refractivity contribution in [3.05, 3.63) is 48.4 Å². The molecule has 2 heterocycles. The second-order valence-corrected chi connectivity index (χ2v) is 7.83. The minimum atomic E-state index is -0.614. The number of likely N-dealkylation sites (tertiary alicyclic amines) is 1. The molecule has 2 N–H and O–H groups in total. The summed E-state index contributed by atoms with van der Waals surface area (Å²) in [6, 6.07) is 9.36. The maximum Gasteiger partial charge on any atom is 0.410 e. The number of nitrogens with zero attached hydrogens (tertiary/aromatic N) is 1. The Labute approximate surface area is 169 Å². The highest BCUT2D eigenvalue weighted by Gasteiger charge is 2.36. The number of anilines is 2. The van der Waals surface area contributed by atoms with Gasteiger partial charge in [0.2, 0.25) is 5.91 Å². The first-order valence-corrected chi connectivity index (χ1v) is 9.48. The molecular formula is C21H25N3O5. The van der Waals surface area contributed by atoms with Crippen molar-refractivity contribution in [3.63, 3.8) is 0 Å². The highest BCUT2D eigenvalue weighted by atomic mass is 16.6. The number of ether oxygens (including phenoxy) is 1. The quantitative estimate of drug-likeness (QED) is 0.813. The number of furan rings is 1. The van der Waals surface area contributed by atoms with Crippen LogP contribution >= 0.6 is 0 Å². The Morgan fingerprint density at radius 2 is 1.72 bits per heavy atom. The van der Waals surface area contributed by atoms with Gasteiger partial charge in [0, 0.05) is 17.9 Å². The summed E-state index contributed by atoms with van der Waals surface area (Å²) in [5, 5.41) is 5.53. The monoisotopic (exact) mass is 399 g/mol. The molecule has 1 atom stereocenters. The van der Waals surface area contributed by atoms with Gasteiger partial charge in [0.15, 0.2) is 5.76 Å². The van der Waals surface area contributed by atoms with Crippen LogP contribution in [0.3, 0.4) is 0 Å². The summed E-state index contributed by atoms with van der Waals surface area (Å²) in [5.74, 6) is -0.405. The van der Waals surface area contributed by atoms with Gasteiger partial charge < -0.3 is 19.8 Å². The van der Waals surface area contributed by atoms with E-state index in [1.165, 1.54) is 11.2 Å². The molecule has 1 aromatic carbocycles. The number of hydrogen-bond donors (Lipinski definition) is 2. The molecule has 0 saturated carbocycles. The van der Waals surface area contributed by atoms with Crippen LogP contribution < -0.4 is 10.6 Å². The molecule has 8 nitrogen and oxygen atoms in total. The molecule has 1 fully saturated rings. The first-order chi connectivity index (χ1) is 13.7. The molecule has 0 radical (unpaired) electrons. The summed E-state index contributed by atoms with van der Waals surface area (Å²) in [6.45, 7) is 5.87. The summed E-state index contributed by atoms with van der Waals surface area (Å²) < 4.78 is 10.4. The number of benzene rings is 1. The second-order valence-electron chi connectivity index (χ2n) is 7.83.